The lowest BCUT2D eigenvalue weighted by Gasteiger charge is -2.20. The van der Waals surface area contributed by atoms with Gasteiger partial charge >= 0.3 is 0 Å². The number of nitrogens with two attached hydrogens (primary N) is 2. The lowest BCUT2D eigenvalue weighted by molar-refractivity contribution is 0.0774. The van der Waals surface area contributed by atoms with Crippen molar-refractivity contribution in [2.75, 3.05) is 29.9 Å². The minimum Gasteiger partial charge on any atom is -0.398 e. The highest BCUT2D eigenvalue weighted by molar-refractivity contribution is 5.77. The Morgan fingerprint density at radius 3 is 2.44 bits per heavy atom. The zero-order valence-corrected chi connectivity index (χ0v) is 10.2. The third-order valence-corrected chi connectivity index (χ3v) is 2.49. The maximum absolute atomic E-state index is 5.98. The van der Waals surface area contributed by atoms with Crippen molar-refractivity contribution < 1.29 is 4.74 Å². The predicted octanol–water partition coefficient (Wildman–Crippen LogP) is 2.38. The van der Waals surface area contributed by atoms with Gasteiger partial charge in [0.2, 0.25) is 0 Å². The number of hydrogen-bond donors (Lipinski definition) is 3. The Hall–Kier alpha value is -1.42. The van der Waals surface area contributed by atoms with E-state index in [4.69, 9.17) is 16.2 Å². The SMILES string of the molecule is CCNc1c(N)ccc(N)c1C(C)OCC. The highest BCUT2D eigenvalue weighted by Crippen LogP contribution is 2.35. The third kappa shape index (κ3) is 2.58. The Labute approximate surface area is 97.0 Å². The first-order valence-electron chi connectivity index (χ1n) is 5.65. The average Bonchev–Trinajstić information content (AvgIpc) is 2.24. The van der Waals surface area contributed by atoms with Crippen LogP contribution in [0.2, 0.25) is 0 Å². The van der Waals surface area contributed by atoms with Crippen LogP contribution in [0, 0.1) is 0 Å². The average molecular weight is 223 g/mol. The van der Waals surface area contributed by atoms with Crippen molar-refractivity contribution in [2.24, 2.45) is 0 Å². The smallest absolute Gasteiger partial charge is 0.0837 e. The molecule has 1 rings (SSSR count). The third-order valence-electron chi connectivity index (χ3n) is 2.49. The van der Waals surface area contributed by atoms with E-state index < -0.39 is 0 Å². The van der Waals surface area contributed by atoms with Crippen molar-refractivity contribution in [3.05, 3.63) is 17.7 Å². The molecule has 0 amide bonds. The molecule has 5 N–H and O–H groups in total. The predicted molar refractivity (Wildman–Crippen MR) is 69.5 cm³/mol. The summed E-state index contributed by atoms with van der Waals surface area (Å²) in [4.78, 5) is 0. The Balaban J connectivity index is 3.16. The molecule has 16 heavy (non-hydrogen) atoms. The molecular formula is C12H21N3O. The normalized spacial score (nSPS) is 12.4. The fourth-order valence-corrected chi connectivity index (χ4v) is 1.80. The standard InChI is InChI=1S/C12H21N3O/c1-4-15-12-10(14)7-6-9(13)11(12)8(3)16-5-2/h6-8,15H,4-5,13-14H2,1-3H3. The molecule has 90 valence electrons. The van der Waals surface area contributed by atoms with Crippen molar-refractivity contribution in [3.63, 3.8) is 0 Å². The maximum atomic E-state index is 5.98. The van der Waals surface area contributed by atoms with Gasteiger partial charge in [-0.05, 0) is 32.9 Å². The van der Waals surface area contributed by atoms with Crippen molar-refractivity contribution in [2.45, 2.75) is 26.9 Å². The van der Waals surface area contributed by atoms with Crippen LogP contribution in [0.1, 0.15) is 32.4 Å². The van der Waals surface area contributed by atoms with E-state index in [1.54, 1.807) is 0 Å². The molecule has 0 aliphatic rings. The van der Waals surface area contributed by atoms with Crippen molar-refractivity contribution >= 4 is 17.1 Å². The van der Waals surface area contributed by atoms with Crippen molar-refractivity contribution in [3.8, 4) is 0 Å². The number of anilines is 3. The summed E-state index contributed by atoms with van der Waals surface area (Å²) in [6.07, 6.45) is -0.0532. The zero-order chi connectivity index (χ0) is 12.1. The molecule has 4 nitrogen and oxygen atoms in total. The van der Waals surface area contributed by atoms with E-state index >= 15 is 0 Å². The van der Waals surface area contributed by atoms with Gasteiger partial charge in [0.25, 0.3) is 0 Å². The first-order valence-corrected chi connectivity index (χ1v) is 5.65. The molecule has 0 heterocycles. The lowest BCUT2D eigenvalue weighted by Crippen LogP contribution is -2.11. The molecular weight excluding hydrogens is 202 g/mol. The van der Waals surface area contributed by atoms with Crippen LogP contribution in [0.15, 0.2) is 12.1 Å². The van der Waals surface area contributed by atoms with E-state index in [0.29, 0.717) is 18.0 Å². The van der Waals surface area contributed by atoms with Crippen molar-refractivity contribution in [1.82, 2.24) is 0 Å². The van der Waals surface area contributed by atoms with E-state index in [-0.39, 0.29) is 6.10 Å². The van der Waals surface area contributed by atoms with Gasteiger partial charge in [-0.1, -0.05) is 0 Å². The molecule has 0 radical (unpaired) electrons. The second kappa shape index (κ2) is 5.61. The minimum absolute atomic E-state index is 0.0532. The molecule has 1 aromatic rings. The summed E-state index contributed by atoms with van der Waals surface area (Å²) in [5, 5.41) is 3.24. The van der Waals surface area contributed by atoms with Gasteiger partial charge in [0.15, 0.2) is 0 Å². The molecule has 0 saturated carbocycles. The number of nitrogen functional groups attached to an aromatic ring is 2. The number of rotatable bonds is 5. The largest absolute Gasteiger partial charge is 0.398 e. The van der Waals surface area contributed by atoms with Crippen LogP contribution in [-0.4, -0.2) is 13.2 Å². The van der Waals surface area contributed by atoms with Gasteiger partial charge in [-0.2, -0.15) is 0 Å². The first kappa shape index (κ1) is 12.6. The van der Waals surface area contributed by atoms with Gasteiger partial charge in [0.05, 0.1) is 17.5 Å². The van der Waals surface area contributed by atoms with E-state index in [2.05, 4.69) is 5.32 Å². The Morgan fingerprint density at radius 1 is 1.25 bits per heavy atom. The summed E-state index contributed by atoms with van der Waals surface area (Å²) in [6, 6.07) is 3.64. The fourth-order valence-electron chi connectivity index (χ4n) is 1.80. The van der Waals surface area contributed by atoms with Crippen LogP contribution in [0.3, 0.4) is 0 Å². The first-order chi connectivity index (χ1) is 7.61. The highest BCUT2D eigenvalue weighted by Gasteiger charge is 2.16. The Kier molecular flexibility index (Phi) is 4.43. The Bertz CT molecular complexity index is 352. The summed E-state index contributed by atoms with van der Waals surface area (Å²) >= 11 is 0. The van der Waals surface area contributed by atoms with Gasteiger partial charge in [0, 0.05) is 24.4 Å². The summed E-state index contributed by atoms with van der Waals surface area (Å²) in [5.74, 6) is 0. The second-order valence-electron chi connectivity index (χ2n) is 3.66. The quantitative estimate of drug-likeness (QED) is 0.670. The van der Waals surface area contributed by atoms with Gasteiger partial charge in [-0.15, -0.1) is 0 Å². The highest BCUT2D eigenvalue weighted by atomic mass is 16.5. The number of hydrogen-bond acceptors (Lipinski definition) is 4. The van der Waals surface area contributed by atoms with E-state index in [9.17, 15) is 0 Å². The molecule has 0 aromatic heterocycles. The lowest BCUT2D eigenvalue weighted by atomic mass is 10.0. The van der Waals surface area contributed by atoms with Crippen LogP contribution < -0.4 is 16.8 Å². The van der Waals surface area contributed by atoms with E-state index in [1.807, 2.05) is 32.9 Å². The van der Waals surface area contributed by atoms with Crippen LogP contribution >= 0.6 is 0 Å². The molecule has 0 fully saturated rings. The maximum Gasteiger partial charge on any atom is 0.0837 e. The summed E-state index contributed by atoms with van der Waals surface area (Å²) in [6.45, 7) is 7.43. The summed E-state index contributed by atoms with van der Waals surface area (Å²) in [7, 11) is 0. The topological polar surface area (TPSA) is 73.3 Å². The molecule has 0 aliphatic carbocycles. The van der Waals surface area contributed by atoms with Gasteiger partial charge in [-0.3, -0.25) is 0 Å². The molecule has 1 aromatic carbocycles. The Morgan fingerprint density at radius 2 is 1.88 bits per heavy atom. The van der Waals surface area contributed by atoms with E-state index in [0.717, 1.165) is 17.8 Å². The second-order valence-corrected chi connectivity index (χ2v) is 3.66. The van der Waals surface area contributed by atoms with Gasteiger partial charge in [0.1, 0.15) is 0 Å². The number of nitrogens with one attached hydrogen (secondary N) is 1. The molecule has 0 spiro atoms. The summed E-state index contributed by atoms with van der Waals surface area (Å²) < 4.78 is 5.58. The molecule has 0 aliphatic heterocycles. The van der Waals surface area contributed by atoms with Crippen LogP contribution in [0.4, 0.5) is 17.1 Å². The zero-order valence-electron chi connectivity index (χ0n) is 10.2. The minimum atomic E-state index is -0.0532. The molecule has 1 atom stereocenters. The molecule has 1 unspecified atom stereocenters. The van der Waals surface area contributed by atoms with Crippen LogP contribution in [0.25, 0.3) is 0 Å². The number of benzene rings is 1. The van der Waals surface area contributed by atoms with Gasteiger partial charge in [-0.25, -0.2) is 0 Å². The molecule has 0 saturated heterocycles. The van der Waals surface area contributed by atoms with Crippen LogP contribution in [-0.2, 0) is 4.74 Å². The summed E-state index contributed by atoms with van der Waals surface area (Å²) in [5.41, 5.74) is 15.2. The van der Waals surface area contributed by atoms with Crippen LogP contribution in [0.5, 0.6) is 0 Å². The fraction of sp³-hybridized carbons (Fsp3) is 0.500. The monoisotopic (exact) mass is 223 g/mol. The van der Waals surface area contributed by atoms with E-state index in [1.165, 1.54) is 0 Å². The molecule has 0 bridgehead atoms. The molecule has 4 heteroatoms. The van der Waals surface area contributed by atoms with Crippen molar-refractivity contribution in [1.29, 1.82) is 0 Å². The van der Waals surface area contributed by atoms with Gasteiger partial charge < -0.3 is 21.5 Å². The number of ether oxygens (including phenoxy) is 1.